The van der Waals surface area contributed by atoms with E-state index in [4.69, 9.17) is 0 Å². The fourth-order valence-corrected chi connectivity index (χ4v) is 2.56. The molecule has 0 aliphatic rings. The van der Waals surface area contributed by atoms with E-state index >= 15 is 0 Å². The molecule has 0 saturated heterocycles. The highest BCUT2D eigenvalue weighted by Gasteiger charge is 2.14. The van der Waals surface area contributed by atoms with Gasteiger partial charge in [0.05, 0.1) is 11.9 Å². The SMILES string of the molecule is CCNC(=O)Nc1cn2c(C(=O)CC)cc(-c3cccnc3)cc2n1. The first-order valence-corrected chi connectivity index (χ1v) is 8.14. The van der Waals surface area contributed by atoms with Gasteiger partial charge in [-0.05, 0) is 30.7 Å². The largest absolute Gasteiger partial charge is 0.338 e. The molecule has 3 rings (SSSR count). The summed E-state index contributed by atoms with van der Waals surface area (Å²) in [5.74, 6) is 0.386. The molecule has 0 atom stereocenters. The highest BCUT2D eigenvalue weighted by atomic mass is 16.2. The molecule has 0 saturated carbocycles. The van der Waals surface area contributed by atoms with E-state index in [1.165, 1.54) is 0 Å². The molecule has 0 fully saturated rings. The van der Waals surface area contributed by atoms with Gasteiger partial charge in [0, 0.05) is 30.9 Å². The molecule has 0 spiro atoms. The number of hydrogen-bond acceptors (Lipinski definition) is 4. The molecule has 0 aliphatic heterocycles. The maximum absolute atomic E-state index is 12.4. The fraction of sp³-hybridized carbons (Fsp3) is 0.222. The fourth-order valence-electron chi connectivity index (χ4n) is 2.56. The number of carbonyl (C=O) groups is 2. The highest BCUT2D eigenvalue weighted by molar-refractivity contribution is 5.97. The van der Waals surface area contributed by atoms with Gasteiger partial charge >= 0.3 is 6.03 Å². The molecule has 3 heterocycles. The van der Waals surface area contributed by atoms with E-state index in [0.717, 1.165) is 11.1 Å². The second kappa shape index (κ2) is 7.12. The number of nitrogens with one attached hydrogen (secondary N) is 2. The summed E-state index contributed by atoms with van der Waals surface area (Å²) in [6, 6.07) is 7.13. The predicted molar refractivity (Wildman–Crippen MR) is 95.7 cm³/mol. The molecule has 0 aliphatic carbocycles. The molecule has 2 amide bonds. The Labute approximate surface area is 145 Å². The average Bonchev–Trinajstić information content (AvgIpc) is 3.03. The third kappa shape index (κ3) is 3.50. The summed E-state index contributed by atoms with van der Waals surface area (Å²) in [7, 11) is 0. The van der Waals surface area contributed by atoms with Crippen LogP contribution >= 0.6 is 0 Å². The summed E-state index contributed by atoms with van der Waals surface area (Å²) in [5, 5.41) is 5.32. The Balaban J connectivity index is 2.10. The van der Waals surface area contributed by atoms with E-state index in [2.05, 4.69) is 20.6 Å². The number of anilines is 1. The number of carbonyl (C=O) groups excluding carboxylic acids is 2. The van der Waals surface area contributed by atoms with Gasteiger partial charge < -0.3 is 5.32 Å². The van der Waals surface area contributed by atoms with Gasteiger partial charge in [-0.1, -0.05) is 13.0 Å². The Hall–Kier alpha value is -3.22. The molecular weight excluding hydrogens is 318 g/mol. The maximum Gasteiger partial charge on any atom is 0.320 e. The normalized spacial score (nSPS) is 10.6. The van der Waals surface area contributed by atoms with Crippen molar-refractivity contribution in [2.24, 2.45) is 0 Å². The van der Waals surface area contributed by atoms with Crippen LogP contribution in [0.1, 0.15) is 30.8 Å². The number of amides is 2. The molecule has 0 radical (unpaired) electrons. The van der Waals surface area contributed by atoms with E-state index in [1.54, 1.807) is 23.0 Å². The molecule has 3 aromatic rings. The second-order valence-electron chi connectivity index (χ2n) is 5.49. The van der Waals surface area contributed by atoms with E-state index in [-0.39, 0.29) is 11.8 Å². The number of rotatable bonds is 5. The van der Waals surface area contributed by atoms with Crippen LogP contribution in [0.4, 0.5) is 10.6 Å². The number of hydrogen-bond donors (Lipinski definition) is 2. The van der Waals surface area contributed by atoms with Crippen LogP contribution in [0.25, 0.3) is 16.8 Å². The number of ketones is 1. The first-order chi connectivity index (χ1) is 12.1. The van der Waals surface area contributed by atoms with Crippen molar-refractivity contribution in [1.29, 1.82) is 0 Å². The monoisotopic (exact) mass is 337 g/mol. The average molecular weight is 337 g/mol. The standard InChI is InChI=1S/C18H19N5O2/c1-3-15(24)14-8-13(12-6-5-7-19-10-12)9-17-21-16(11-23(14)17)22-18(25)20-4-2/h5-11H,3-4H2,1-2H3,(H2,20,22,25). The lowest BCUT2D eigenvalue weighted by Crippen LogP contribution is -2.28. The summed E-state index contributed by atoms with van der Waals surface area (Å²) in [5.41, 5.74) is 2.87. The van der Waals surface area contributed by atoms with Crippen LogP contribution in [0.5, 0.6) is 0 Å². The molecular formula is C18H19N5O2. The summed E-state index contributed by atoms with van der Waals surface area (Å²) in [6.07, 6.45) is 5.47. The van der Waals surface area contributed by atoms with Gasteiger partial charge in [-0.15, -0.1) is 0 Å². The molecule has 25 heavy (non-hydrogen) atoms. The minimum absolute atomic E-state index is 0.00213. The first kappa shape index (κ1) is 16.6. The van der Waals surface area contributed by atoms with Crippen LogP contribution in [0.2, 0.25) is 0 Å². The van der Waals surface area contributed by atoms with Gasteiger partial charge in [0.2, 0.25) is 0 Å². The highest BCUT2D eigenvalue weighted by Crippen LogP contribution is 2.24. The van der Waals surface area contributed by atoms with Crippen LogP contribution < -0.4 is 10.6 Å². The van der Waals surface area contributed by atoms with Gasteiger partial charge in [-0.3, -0.25) is 19.5 Å². The van der Waals surface area contributed by atoms with E-state index < -0.39 is 0 Å². The van der Waals surface area contributed by atoms with Crippen molar-refractivity contribution in [1.82, 2.24) is 19.7 Å². The van der Waals surface area contributed by atoms with Crippen molar-refractivity contribution in [3.8, 4) is 11.1 Å². The lowest BCUT2D eigenvalue weighted by atomic mass is 10.1. The van der Waals surface area contributed by atoms with Crippen LogP contribution in [-0.2, 0) is 0 Å². The molecule has 0 unspecified atom stereocenters. The molecule has 128 valence electrons. The minimum atomic E-state index is -0.332. The number of imidazole rings is 1. The zero-order valence-electron chi connectivity index (χ0n) is 14.1. The van der Waals surface area contributed by atoms with Crippen molar-refractivity contribution < 1.29 is 9.59 Å². The Morgan fingerprint density at radius 2 is 2.04 bits per heavy atom. The molecule has 7 nitrogen and oxygen atoms in total. The Bertz CT molecular complexity index is 918. The van der Waals surface area contributed by atoms with Crippen LogP contribution in [-0.4, -0.2) is 32.7 Å². The predicted octanol–water partition coefficient (Wildman–Crippen LogP) is 3.13. The maximum atomic E-state index is 12.4. The number of pyridine rings is 2. The number of nitrogens with zero attached hydrogens (tertiary/aromatic N) is 3. The Morgan fingerprint density at radius 1 is 1.20 bits per heavy atom. The van der Waals surface area contributed by atoms with E-state index in [9.17, 15) is 9.59 Å². The van der Waals surface area contributed by atoms with Gasteiger partial charge in [0.25, 0.3) is 0 Å². The van der Waals surface area contributed by atoms with Crippen molar-refractivity contribution in [2.45, 2.75) is 20.3 Å². The Kier molecular flexibility index (Phi) is 4.74. The summed E-state index contributed by atoms with van der Waals surface area (Å²) >= 11 is 0. The lowest BCUT2D eigenvalue weighted by Gasteiger charge is -2.07. The van der Waals surface area contributed by atoms with E-state index in [1.807, 2.05) is 38.1 Å². The number of aromatic nitrogens is 3. The van der Waals surface area contributed by atoms with Crippen molar-refractivity contribution in [2.75, 3.05) is 11.9 Å². The number of urea groups is 1. The smallest absolute Gasteiger partial charge is 0.320 e. The van der Waals surface area contributed by atoms with Gasteiger partial charge in [-0.2, -0.15) is 0 Å². The second-order valence-corrected chi connectivity index (χ2v) is 5.49. The van der Waals surface area contributed by atoms with Crippen molar-refractivity contribution in [3.63, 3.8) is 0 Å². The minimum Gasteiger partial charge on any atom is -0.338 e. The topological polar surface area (TPSA) is 88.4 Å². The zero-order chi connectivity index (χ0) is 17.8. The lowest BCUT2D eigenvalue weighted by molar-refractivity contribution is 0.0982. The van der Waals surface area contributed by atoms with Crippen molar-refractivity contribution in [3.05, 3.63) is 48.5 Å². The first-order valence-electron chi connectivity index (χ1n) is 8.14. The molecule has 3 aromatic heterocycles. The quantitative estimate of drug-likeness (QED) is 0.700. The van der Waals surface area contributed by atoms with Crippen LogP contribution in [0, 0.1) is 0 Å². The molecule has 0 bridgehead atoms. The van der Waals surface area contributed by atoms with Crippen LogP contribution in [0.15, 0.2) is 42.9 Å². The summed E-state index contributed by atoms with van der Waals surface area (Å²) < 4.78 is 1.70. The molecule has 7 heteroatoms. The van der Waals surface area contributed by atoms with Gasteiger partial charge in [-0.25, -0.2) is 9.78 Å². The number of fused-ring (bicyclic) bond motifs is 1. The Morgan fingerprint density at radius 3 is 2.72 bits per heavy atom. The third-order valence-electron chi connectivity index (χ3n) is 3.75. The third-order valence-corrected chi connectivity index (χ3v) is 3.75. The van der Waals surface area contributed by atoms with Gasteiger partial charge in [0.15, 0.2) is 11.6 Å². The summed E-state index contributed by atoms with van der Waals surface area (Å²) in [6.45, 7) is 4.17. The zero-order valence-corrected chi connectivity index (χ0v) is 14.1. The number of Topliss-reactive ketones (excluding diaryl/α,β-unsaturated/α-hetero) is 1. The molecule has 0 aromatic carbocycles. The summed E-state index contributed by atoms with van der Waals surface area (Å²) in [4.78, 5) is 32.6. The van der Waals surface area contributed by atoms with E-state index in [0.29, 0.717) is 30.1 Å². The molecule has 2 N–H and O–H groups in total. The van der Waals surface area contributed by atoms with Crippen LogP contribution in [0.3, 0.4) is 0 Å². The van der Waals surface area contributed by atoms with Crippen molar-refractivity contribution >= 4 is 23.3 Å². The van der Waals surface area contributed by atoms with Gasteiger partial charge in [0.1, 0.15) is 5.65 Å².